The third-order valence-electron chi connectivity index (χ3n) is 4.45. The van der Waals surface area contributed by atoms with E-state index in [0.717, 1.165) is 38.6 Å². The van der Waals surface area contributed by atoms with E-state index in [0.29, 0.717) is 31.4 Å². The Hall–Kier alpha value is -1.92. The van der Waals surface area contributed by atoms with E-state index >= 15 is 0 Å². The van der Waals surface area contributed by atoms with Crippen molar-refractivity contribution >= 4 is 23.6 Å². The van der Waals surface area contributed by atoms with Crippen LogP contribution in [0, 0.1) is 11.8 Å². The van der Waals surface area contributed by atoms with Gasteiger partial charge < -0.3 is 15.4 Å². The molecule has 0 aliphatic rings. The lowest BCUT2D eigenvalue weighted by Gasteiger charge is -2.09. The molecule has 2 N–H and O–H groups in total. The van der Waals surface area contributed by atoms with Crippen LogP contribution in [0.5, 0.6) is 0 Å². The molecule has 2 unspecified atom stereocenters. The number of unbranched alkanes of at least 4 members (excludes halogenated alkanes) is 2. The highest BCUT2D eigenvalue weighted by Crippen LogP contribution is 2.02. The van der Waals surface area contributed by atoms with E-state index in [1.165, 1.54) is 13.8 Å². The quantitative estimate of drug-likeness (QED) is 0.126. The molecule has 0 saturated heterocycles. The molecule has 7 heteroatoms. The summed E-state index contributed by atoms with van der Waals surface area (Å²) in [4.78, 5) is 43.3. The van der Waals surface area contributed by atoms with Gasteiger partial charge in [-0.25, -0.2) is 0 Å². The van der Waals surface area contributed by atoms with Gasteiger partial charge in [0.2, 0.25) is 11.8 Å². The largest absolute Gasteiger partial charge is 0.466 e. The number of nitrogens with one attached hydrogen (secondary N) is 2. The lowest BCUT2D eigenvalue weighted by molar-refractivity contribution is -0.141. The molecule has 0 aliphatic heterocycles. The standard InChI is InChI=1S/C13H25NO3.C9H17NO2.9CH4/c1-4-11(2)10-14-13(16)8-6-5-7-9-17-12(3)15;1-4-7(2)6-10-9(12)5-8(3)11;;;;;;;;;/h11H,4-10H2,1-3H3,(H,14,16);7H,4-6H2,1-3H3,(H,10,12);9*1H4. The van der Waals surface area contributed by atoms with Gasteiger partial charge in [0.15, 0.2) is 0 Å². The fourth-order valence-corrected chi connectivity index (χ4v) is 2.02. The number of ether oxygens (including phenoxy) is 1. The first-order valence-corrected chi connectivity index (χ1v) is 10.8. The Morgan fingerprint density at radius 3 is 1.37 bits per heavy atom. The first-order valence-electron chi connectivity index (χ1n) is 10.8. The molecule has 242 valence electrons. The van der Waals surface area contributed by atoms with E-state index in [1.807, 2.05) is 0 Å². The number of carbonyl (C=O) groups is 4. The van der Waals surface area contributed by atoms with Crippen LogP contribution in [0.15, 0.2) is 0 Å². The summed E-state index contributed by atoms with van der Waals surface area (Å²) < 4.78 is 4.80. The summed E-state index contributed by atoms with van der Waals surface area (Å²) in [5.41, 5.74) is 0. The van der Waals surface area contributed by atoms with Crippen LogP contribution in [0.3, 0.4) is 0 Å². The average molecular weight is 559 g/mol. The summed E-state index contributed by atoms with van der Waals surface area (Å²) in [5.74, 6) is 0.664. The highest BCUT2D eigenvalue weighted by molar-refractivity contribution is 5.96. The molecule has 0 fully saturated rings. The number of hydrogen-bond donors (Lipinski definition) is 2. The van der Waals surface area contributed by atoms with Crippen LogP contribution in [-0.2, 0) is 23.9 Å². The van der Waals surface area contributed by atoms with Crippen LogP contribution in [0.2, 0.25) is 0 Å². The van der Waals surface area contributed by atoms with Gasteiger partial charge in [-0.1, -0.05) is 107 Å². The monoisotopic (exact) mass is 559 g/mol. The van der Waals surface area contributed by atoms with Crippen molar-refractivity contribution in [3.63, 3.8) is 0 Å². The van der Waals surface area contributed by atoms with Gasteiger partial charge in [-0.2, -0.15) is 0 Å². The van der Waals surface area contributed by atoms with Crippen LogP contribution in [0.1, 0.15) is 153 Å². The molecule has 0 saturated carbocycles. The second-order valence-corrected chi connectivity index (χ2v) is 7.66. The third kappa shape index (κ3) is 59.3. The van der Waals surface area contributed by atoms with Gasteiger partial charge in [0.1, 0.15) is 5.78 Å². The van der Waals surface area contributed by atoms with Crippen molar-refractivity contribution in [3.05, 3.63) is 0 Å². The van der Waals surface area contributed by atoms with Crippen LogP contribution >= 0.6 is 0 Å². The normalized spacial score (nSPS) is 9.21. The Morgan fingerprint density at radius 2 is 1.03 bits per heavy atom. The number of amides is 2. The highest BCUT2D eigenvalue weighted by atomic mass is 16.5. The molecule has 0 spiro atoms. The molecule has 0 radical (unpaired) electrons. The molecular weight excluding hydrogens is 480 g/mol. The summed E-state index contributed by atoms with van der Waals surface area (Å²) >= 11 is 0. The zero-order valence-corrected chi connectivity index (χ0v) is 19.3. The maximum Gasteiger partial charge on any atom is 0.302 e. The van der Waals surface area contributed by atoms with Crippen molar-refractivity contribution in [2.24, 2.45) is 11.8 Å². The topological polar surface area (TPSA) is 102 Å². The molecule has 0 rings (SSSR count). The number of hydrogen-bond acceptors (Lipinski definition) is 5. The van der Waals surface area contributed by atoms with Gasteiger partial charge in [-0.3, -0.25) is 19.2 Å². The summed E-state index contributed by atoms with van der Waals surface area (Å²) in [7, 11) is 0. The van der Waals surface area contributed by atoms with Crippen molar-refractivity contribution in [1.29, 1.82) is 0 Å². The molecular formula is C31H78N2O5. The molecule has 0 aromatic carbocycles. The van der Waals surface area contributed by atoms with E-state index in [4.69, 9.17) is 4.74 Å². The first-order chi connectivity index (χ1) is 13.6. The average Bonchev–Trinajstić information content (AvgIpc) is 2.66. The van der Waals surface area contributed by atoms with Gasteiger partial charge in [0, 0.05) is 26.4 Å². The van der Waals surface area contributed by atoms with Crippen LogP contribution in [0.4, 0.5) is 0 Å². The minimum Gasteiger partial charge on any atom is -0.466 e. The van der Waals surface area contributed by atoms with E-state index in [1.54, 1.807) is 0 Å². The highest BCUT2D eigenvalue weighted by Gasteiger charge is 2.06. The maximum atomic E-state index is 11.4. The Labute approximate surface area is 243 Å². The Kier molecular flexibility index (Phi) is 89.5. The zero-order valence-electron chi connectivity index (χ0n) is 19.3. The number of rotatable bonds is 14. The minimum atomic E-state index is -0.240. The van der Waals surface area contributed by atoms with Gasteiger partial charge in [-0.05, 0) is 38.0 Å². The summed E-state index contributed by atoms with van der Waals surface area (Å²) in [6.07, 6.45) is 5.31. The van der Waals surface area contributed by atoms with Crippen LogP contribution < -0.4 is 10.6 Å². The summed E-state index contributed by atoms with van der Waals surface area (Å²) in [6, 6.07) is 0. The number of carbonyl (C=O) groups excluding carboxylic acids is 4. The lowest BCUT2D eigenvalue weighted by Crippen LogP contribution is -2.29. The van der Waals surface area contributed by atoms with Crippen molar-refractivity contribution in [1.82, 2.24) is 10.6 Å². The maximum absolute atomic E-state index is 11.4. The molecule has 0 heterocycles. The molecule has 38 heavy (non-hydrogen) atoms. The van der Waals surface area contributed by atoms with Crippen molar-refractivity contribution in [2.75, 3.05) is 19.7 Å². The molecule has 2 atom stereocenters. The first kappa shape index (κ1) is 70.6. The second kappa shape index (κ2) is 48.2. The number of ketones is 1. The van der Waals surface area contributed by atoms with E-state index < -0.39 is 0 Å². The smallest absolute Gasteiger partial charge is 0.302 e. The number of Topliss-reactive ketones (excluding diaryl/α,β-unsaturated/α-hetero) is 1. The van der Waals surface area contributed by atoms with Crippen LogP contribution in [-0.4, -0.2) is 43.3 Å². The molecule has 0 aliphatic carbocycles. The SMILES string of the molecule is C.C.C.C.C.C.C.C.C.CCC(C)CNC(=O)CC(C)=O.CCC(C)CNC(=O)CCCCCOC(C)=O. The predicted octanol–water partition coefficient (Wildman–Crippen LogP) is 9.12. The predicted molar refractivity (Wildman–Crippen MR) is 176 cm³/mol. The van der Waals surface area contributed by atoms with Crippen molar-refractivity contribution < 1.29 is 23.9 Å². The summed E-state index contributed by atoms with van der Waals surface area (Å²) in [6.45, 7) is 13.1. The molecule has 0 bridgehead atoms. The van der Waals surface area contributed by atoms with Crippen molar-refractivity contribution in [2.45, 2.75) is 153 Å². The minimum absolute atomic E-state index is 0. The van der Waals surface area contributed by atoms with Crippen LogP contribution in [0.25, 0.3) is 0 Å². The molecule has 7 nitrogen and oxygen atoms in total. The van der Waals surface area contributed by atoms with E-state index in [9.17, 15) is 19.2 Å². The molecule has 0 aromatic rings. The van der Waals surface area contributed by atoms with E-state index in [-0.39, 0.29) is 96.8 Å². The Bertz CT molecular complexity index is 483. The van der Waals surface area contributed by atoms with Gasteiger partial charge in [0.25, 0.3) is 0 Å². The van der Waals surface area contributed by atoms with Crippen molar-refractivity contribution in [3.8, 4) is 0 Å². The molecule has 2 amide bonds. The Balaban J connectivity index is -0.0000000355. The fourth-order valence-electron chi connectivity index (χ4n) is 2.02. The fraction of sp³-hybridized carbons (Fsp3) is 0.871. The van der Waals surface area contributed by atoms with Gasteiger partial charge >= 0.3 is 5.97 Å². The lowest BCUT2D eigenvalue weighted by atomic mass is 10.1. The van der Waals surface area contributed by atoms with Gasteiger partial charge in [-0.15, -0.1) is 0 Å². The second-order valence-electron chi connectivity index (χ2n) is 7.66. The van der Waals surface area contributed by atoms with Gasteiger partial charge in [0.05, 0.1) is 13.0 Å². The Morgan fingerprint density at radius 1 is 0.632 bits per heavy atom. The van der Waals surface area contributed by atoms with E-state index in [2.05, 4.69) is 38.3 Å². The zero-order chi connectivity index (χ0) is 22.7. The number of esters is 1. The third-order valence-corrected chi connectivity index (χ3v) is 4.45. The molecule has 0 aromatic heterocycles. The summed E-state index contributed by atoms with van der Waals surface area (Å²) in [5, 5.41) is 5.62.